The number of hydrogen-bond acceptors (Lipinski definition) is 5. The number of rotatable bonds is 7. The lowest BCUT2D eigenvalue weighted by Crippen LogP contribution is -2.19. The van der Waals surface area contributed by atoms with E-state index in [1.807, 2.05) is 30.3 Å². The molecule has 0 aliphatic carbocycles. The Labute approximate surface area is 116 Å². The van der Waals surface area contributed by atoms with E-state index in [0.717, 1.165) is 29.6 Å². The van der Waals surface area contributed by atoms with Crippen LogP contribution in [0.4, 0.5) is 0 Å². The largest absolute Gasteiger partial charge is 0.309 e. The standard InChI is InChI=1S/C13H15N5S/c1-2-9-19-10-8-14-11-13-15-16-17-18(13)12-6-4-3-5-7-12/h1,3-7,14H,8-11H2. The third-order valence-corrected chi connectivity index (χ3v) is 3.29. The summed E-state index contributed by atoms with van der Waals surface area (Å²) in [5, 5.41) is 15.0. The van der Waals surface area contributed by atoms with E-state index in [4.69, 9.17) is 6.42 Å². The highest BCUT2D eigenvalue weighted by Crippen LogP contribution is 2.06. The van der Waals surface area contributed by atoms with Gasteiger partial charge in [0.05, 0.1) is 18.0 Å². The first-order valence-electron chi connectivity index (χ1n) is 5.96. The number of thioether (sulfide) groups is 1. The minimum atomic E-state index is 0.637. The molecule has 0 aliphatic rings. The molecule has 0 amide bonds. The lowest BCUT2D eigenvalue weighted by molar-refractivity contribution is 0.667. The van der Waals surface area contributed by atoms with Crippen LogP contribution in [0.1, 0.15) is 5.82 Å². The second-order valence-corrected chi connectivity index (χ2v) is 4.88. The summed E-state index contributed by atoms with van der Waals surface area (Å²) in [7, 11) is 0. The Bertz CT molecular complexity index is 531. The molecule has 6 heteroatoms. The molecular weight excluding hydrogens is 258 g/mol. The van der Waals surface area contributed by atoms with Crippen molar-refractivity contribution in [1.82, 2.24) is 25.5 Å². The quantitative estimate of drug-likeness (QED) is 0.605. The molecule has 1 aromatic heterocycles. The Morgan fingerprint density at radius 3 is 2.95 bits per heavy atom. The summed E-state index contributed by atoms with van der Waals surface area (Å²) in [6.07, 6.45) is 5.18. The molecule has 19 heavy (non-hydrogen) atoms. The summed E-state index contributed by atoms with van der Waals surface area (Å²) < 4.78 is 1.74. The van der Waals surface area contributed by atoms with Gasteiger partial charge in [-0.15, -0.1) is 23.3 Å². The first kappa shape index (κ1) is 13.6. The molecule has 0 atom stereocenters. The van der Waals surface area contributed by atoms with Gasteiger partial charge in [0.25, 0.3) is 0 Å². The van der Waals surface area contributed by atoms with Gasteiger partial charge in [-0.05, 0) is 22.6 Å². The van der Waals surface area contributed by atoms with Gasteiger partial charge < -0.3 is 5.32 Å². The second-order valence-electron chi connectivity index (χ2n) is 3.78. The SMILES string of the molecule is C#CCSCCNCc1nnnn1-c1ccccc1. The minimum Gasteiger partial charge on any atom is -0.309 e. The van der Waals surface area contributed by atoms with Gasteiger partial charge >= 0.3 is 0 Å². The average Bonchev–Trinajstić information content (AvgIpc) is 2.92. The zero-order chi connectivity index (χ0) is 13.3. The molecular formula is C13H15N5S. The van der Waals surface area contributed by atoms with E-state index < -0.39 is 0 Å². The third-order valence-electron chi connectivity index (χ3n) is 2.43. The van der Waals surface area contributed by atoms with Gasteiger partial charge in [0.15, 0.2) is 5.82 Å². The molecule has 1 heterocycles. The van der Waals surface area contributed by atoms with Crippen LogP contribution in [0.25, 0.3) is 5.69 Å². The fourth-order valence-electron chi connectivity index (χ4n) is 1.56. The molecule has 2 rings (SSSR count). The Hall–Kier alpha value is -1.84. The normalized spacial score (nSPS) is 10.3. The van der Waals surface area contributed by atoms with Crippen molar-refractivity contribution in [2.45, 2.75) is 6.54 Å². The number of tetrazole rings is 1. The lowest BCUT2D eigenvalue weighted by Gasteiger charge is -2.05. The number of benzene rings is 1. The highest BCUT2D eigenvalue weighted by molar-refractivity contribution is 7.99. The summed E-state index contributed by atoms with van der Waals surface area (Å²) in [5.41, 5.74) is 0.964. The Morgan fingerprint density at radius 1 is 1.32 bits per heavy atom. The maximum Gasteiger partial charge on any atom is 0.170 e. The van der Waals surface area contributed by atoms with Gasteiger partial charge in [-0.2, -0.15) is 4.68 Å². The molecule has 1 aromatic carbocycles. The van der Waals surface area contributed by atoms with E-state index in [1.54, 1.807) is 16.4 Å². The molecule has 5 nitrogen and oxygen atoms in total. The Morgan fingerprint density at radius 2 is 2.16 bits per heavy atom. The zero-order valence-electron chi connectivity index (χ0n) is 10.5. The maximum atomic E-state index is 5.18. The number of nitrogens with one attached hydrogen (secondary N) is 1. The molecule has 2 aromatic rings. The van der Waals surface area contributed by atoms with Crippen LogP contribution in [-0.2, 0) is 6.54 Å². The van der Waals surface area contributed by atoms with Crippen LogP contribution in [0.3, 0.4) is 0 Å². The van der Waals surface area contributed by atoms with Gasteiger partial charge in [-0.1, -0.05) is 24.1 Å². The van der Waals surface area contributed by atoms with E-state index in [0.29, 0.717) is 6.54 Å². The molecule has 1 N–H and O–H groups in total. The monoisotopic (exact) mass is 273 g/mol. The van der Waals surface area contributed by atoms with Gasteiger partial charge in [0, 0.05) is 12.3 Å². The van der Waals surface area contributed by atoms with Crippen molar-refractivity contribution in [3.63, 3.8) is 0 Å². The van der Waals surface area contributed by atoms with Crippen molar-refractivity contribution in [2.24, 2.45) is 0 Å². The molecule has 0 unspecified atom stereocenters. The van der Waals surface area contributed by atoms with Crippen LogP contribution >= 0.6 is 11.8 Å². The number of terminal acetylenes is 1. The van der Waals surface area contributed by atoms with Gasteiger partial charge in [0.2, 0.25) is 0 Å². The number of para-hydroxylation sites is 1. The average molecular weight is 273 g/mol. The van der Waals surface area contributed by atoms with Crippen molar-refractivity contribution >= 4 is 11.8 Å². The van der Waals surface area contributed by atoms with E-state index in [2.05, 4.69) is 26.8 Å². The first-order valence-corrected chi connectivity index (χ1v) is 7.12. The van der Waals surface area contributed by atoms with E-state index >= 15 is 0 Å². The first-order chi connectivity index (χ1) is 9.42. The van der Waals surface area contributed by atoms with Gasteiger partial charge in [0.1, 0.15) is 0 Å². The molecule has 0 fully saturated rings. The highest BCUT2D eigenvalue weighted by Gasteiger charge is 2.06. The molecule has 0 bridgehead atoms. The van der Waals surface area contributed by atoms with Crippen LogP contribution in [0.2, 0.25) is 0 Å². The third kappa shape index (κ3) is 4.09. The number of nitrogens with zero attached hydrogens (tertiary/aromatic N) is 4. The van der Waals surface area contributed by atoms with Crippen LogP contribution < -0.4 is 5.32 Å². The smallest absolute Gasteiger partial charge is 0.170 e. The van der Waals surface area contributed by atoms with E-state index in [9.17, 15) is 0 Å². The lowest BCUT2D eigenvalue weighted by atomic mass is 10.3. The second kappa shape index (κ2) is 7.56. The molecule has 0 spiro atoms. The summed E-state index contributed by atoms with van der Waals surface area (Å²) >= 11 is 1.73. The predicted molar refractivity (Wildman–Crippen MR) is 77.0 cm³/mol. The highest BCUT2D eigenvalue weighted by atomic mass is 32.2. The zero-order valence-corrected chi connectivity index (χ0v) is 11.3. The van der Waals surface area contributed by atoms with E-state index in [-0.39, 0.29) is 0 Å². The summed E-state index contributed by atoms with van der Waals surface area (Å²) in [6.45, 7) is 1.52. The van der Waals surface area contributed by atoms with Crippen LogP contribution in [0.15, 0.2) is 30.3 Å². The number of aromatic nitrogens is 4. The number of hydrogen-bond donors (Lipinski definition) is 1. The molecule has 0 radical (unpaired) electrons. The minimum absolute atomic E-state index is 0.637. The van der Waals surface area contributed by atoms with E-state index in [1.165, 1.54) is 0 Å². The molecule has 0 saturated carbocycles. The molecule has 0 saturated heterocycles. The van der Waals surface area contributed by atoms with Crippen molar-refractivity contribution < 1.29 is 0 Å². The van der Waals surface area contributed by atoms with Crippen LogP contribution in [0.5, 0.6) is 0 Å². The predicted octanol–water partition coefficient (Wildman–Crippen LogP) is 1.12. The van der Waals surface area contributed by atoms with Crippen molar-refractivity contribution in [3.8, 4) is 18.0 Å². The van der Waals surface area contributed by atoms with Crippen LogP contribution in [-0.4, -0.2) is 38.3 Å². The van der Waals surface area contributed by atoms with Gasteiger partial charge in [-0.3, -0.25) is 0 Å². The van der Waals surface area contributed by atoms with Gasteiger partial charge in [-0.25, -0.2) is 0 Å². The topological polar surface area (TPSA) is 55.6 Å². The summed E-state index contributed by atoms with van der Waals surface area (Å²) in [4.78, 5) is 0. The Balaban J connectivity index is 1.85. The summed E-state index contributed by atoms with van der Waals surface area (Å²) in [5.74, 6) is 5.14. The van der Waals surface area contributed by atoms with Crippen molar-refractivity contribution in [2.75, 3.05) is 18.1 Å². The van der Waals surface area contributed by atoms with Crippen molar-refractivity contribution in [1.29, 1.82) is 0 Å². The molecule has 98 valence electrons. The van der Waals surface area contributed by atoms with Crippen LogP contribution in [0, 0.1) is 12.3 Å². The fourth-order valence-corrected chi connectivity index (χ4v) is 2.11. The molecule has 0 aliphatic heterocycles. The fraction of sp³-hybridized carbons (Fsp3) is 0.308. The Kier molecular flexibility index (Phi) is 5.41. The summed E-state index contributed by atoms with van der Waals surface area (Å²) in [6, 6.07) is 9.84. The maximum absolute atomic E-state index is 5.18. The van der Waals surface area contributed by atoms with Crippen molar-refractivity contribution in [3.05, 3.63) is 36.2 Å².